The van der Waals surface area contributed by atoms with E-state index in [1.165, 1.54) is 18.5 Å². The van der Waals surface area contributed by atoms with Gasteiger partial charge in [0.2, 0.25) is 0 Å². The molecule has 2 rings (SSSR count). The Balaban J connectivity index is 1.85. The van der Waals surface area contributed by atoms with Crippen LogP contribution in [0.15, 0.2) is 48.8 Å². The van der Waals surface area contributed by atoms with E-state index in [1.807, 2.05) is 6.07 Å². The van der Waals surface area contributed by atoms with E-state index in [0.717, 1.165) is 0 Å². The molecule has 0 fully saturated rings. The molecule has 2 atom stereocenters. The van der Waals surface area contributed by atoms with Gasteiger partial charge in [0.1, 0.15) is 6.10 Å². The van der Waals surface area contributed by atoms with Crippen LogP contribution in [-0.4, -0.2) is 59.0 Å². The third kappa shape index (κ3) is 5.91. The van der Waals surface area contributed by atoms with Crippen molar-refractivity contribution in [3.63, 3.8) is 0 Å². The number of nitrogens with one attached hydrogen (secondary N) is 2. The number of hydrogen-bond acceptors (Lipinski definition) is 6. The first-order valence-electron chi connectivity index (χ1n) is 8.29. The molecule has 0 saturated heterocycles. The lowest BCUT2D eigenvalue weighted by molar-refractivity contribution is -0.0287. The number of carbonyl (C=O) groups is 2. The summed E-state index contributed by atoms with van der Waals surface area (Å²) in [5.41, 5.74) is 0.869. The maximum absolute atomic E-state index is 12.0. The summed E-state index contributed by atoms with van der Waals surface area (Å²) in [6, 6.07) is 10.2. The molecular formula is C18H22N4O4. The van der Waals surface area contributed by atoms with E-state index >= 15 is 0 Å². The molecule has 0 unspecified atom stereocenters. The largest absolute Gasteiger partial charge is 0.388 e. The van der Waals surface area contributed by atoms with Crippen LogP contribution in [0.3, 0.4) is 0 Å². The number of benzene rings is 1. The quantitative estimate of drug-likeness (QED) is 0.598. The highest BCUT2D eigenvalue weighted by Gasteiger charge is 2.21. The first-order valence-corrected chi connectivity index (χ1v) is 8.29. The maximum atomic E-state index is 12.0. The third-order valence-corrected chi connectivity index (χ3v) is 3.63. The summed E-state index contributed by atoms with van der Waals surface area (Å²) in [5, 5.41) is 22.9. The first kappa shape index (κ1) is 19.5. The van der Waals surface area contributed by atoms with Crippen molar-refractivity contribution in [3.8, 4) is 0 Å². The third-order valence-electron chi connectivity index (χ3n) is 3.63. The van der Waals surface area contributed by atoms with Crippen LogP contribution in [0.25, 0.3) is 0 Å². The lowest BCUT2D eigenvalue weighted by Crippen LogP contribution is -2.46. The molecule has 0 radical (unpaired) electrons. The van der Waals surface area contributed by atoms with Crippen molar-refractivity contribution in [3.05, 3.63) is 59.9 Å². The van der Waals surface area contributed by atoms with E-state index in [4.69, 9.17) is 4.74 Å². The predicted molar refractivity (Wildman–Crippen MR) is 94.6 cm³/mol. The Morgan fingerprint density at radius 1 is 1.04 bits per heavy atom. The second-order valence-electron chi connectivity index (χ2n) is 5.48. The summed E-state index contributed by atoms with van der Waals surface area (Å²) in [5.74, 6) is -0.628. The number of nitrogens with zero attached hydrogens (tertiary/aromatic N) is 2. The van der Waals surface area contributed by atoms with Crippen molar-refractivity contribution >= 4 is 11.8 Å². The van der Waals surface area contributed by atoms with Crippen molar-refractivity contribution in [2.24, 2.45) is 0 Å². The van der Waals surface area contributed by atoms with E-state index in [2.05, 4.69) is 20.8 Å². The fourth-order valence-corrected chi connectivity index (χ4v) is 2.26. The minimum absolute atomic E-state index is 0.00504. The number of carbonyl (C=O) groups excluding carboxylic acids is 2. The number of amides is 2. The van der Waals surface area contributed by atoms with Crippen LogP contribution in [0.2, 0.25) is 0 Å². The molecule has 1 heterocycles. The zero-order valence-corrected chi connectivity index (χ0v) is 14.5. The van der Waals surface area contributed by atoms with Gasteiger partial charge in [0, 0.05) is 25.3 Å². The molecule has 2 aromatic rings. The number of ether oxygens (including phenoxy) is 1. The molecule has 1 aromatic carbocycles. The SMILES string of the molecule is CCO[C@H](CNC(=O)c1ccnnc1)[C@@H](O)CNC(=O)c1ccccc1. The summed E-state index contributed by atoms with van der Waals surface area (Å²) in [4.78, 5) is 24.1. The van der Waals surface area contributed by atoms with Crippen molar-refractivity contribution in [2.75, 3.05) is 19.7 Å². The van der Waals surface area contributed by atoms with Crippen LogP contribution in [0, 0.1) is 0 Å². The normalized spacial score (nSPS) is 12.8. The smallest absolute Gasteiger partial charge is 0.253 e. The van der Waals surface area contributed by atoms with E-state index in [1.54, 1.807) is 31.2 Å². The van der Waals surface area contributed by atoms with Gasteiger partial charge in [-0.3, -0.25) is 9.59 Å². The van der Waals surface area contributed by atoms with Crippen LogP contribution >= 0.6 is 0 Å². The summed E-state index contributed by atoms with van der Waals surface area (Å²) in [6.07, 6.45) is 1.14. The van der Waals surface area contributed by atoms with E-state index < -0.39 is 12.2 Å². The second kappa shape index (κ2) is 10.2. The van der Waals surface area contributed by atoms with Gasteiger partial charge in [-0.25, -0.2) is 0 Å². The number of rotatable bonds is 9. The van der Waals surface area contributed by atoms with Crippen molar-refractivity contribution < 1.29 is 19.4 Å². The minimum Gasteiger partial charge on any atom is -0.388 e. The molecule has 8 heteroatoms. The van der Waals surface area contributed by atoms with Crippen LogP contribution in [0.1, 0.15) is 27.6 Å². The molecule has 2 amide bonds. The Labute approximate surface area is 151 Å². The Morgan fingerprint density at radius 3 is 2.38 bits per heavy atom. The number of aliphatic hydroxyl groups excluding tert-OH is 1. The van der Waals surface area contributed by atoms with Gasteiger partial charge in [-0.1, -0.05) is 18.2 Å². The molecule has 0 spiro atoms. The molecule has 0 aliphatic rings. The first-order chi connectivity index (χ1) is 12.6. The summed E-state index contributed by atoms with van der Waals surface area (Å²) in [7, 11) is 0. The minimum atomic E-state index is -0.974. The highest BCUT2D eigenvalue weighted by atomic mass is 16.5. The van der Waals surface area contributed by atoms with Crippen molar-refractivity contribution in [1.29, 1.82) is 0 Å². The molecule has 8 nitrogen and oxygen atoms in total. The highest BCUT2D eigenvalue weighted by Crippen LogP contribution is 2.02. The summed E-state index contributed by atoms with van der Waals surface area (Å²) < 4.78 is 5.48. The number of aliphatic hydroxyl groups is 1. The number of aromatic nitrogens is 2. The van der Waals surface area contributed by atoms with Gasteiger partial charge in [-0.2, -0.15) is 10.2 Å². The van der Waals surface area contributed by atoms with Crippen molar-refractivity contribution in [2.45, 2.75) is 19.1 Å². The second-order valence-corrected chi connectivity index (χ2v) is 5.48. The standard InChI is InChI=1S/C18H22N4O4/c1-2-26-16(12-20-18(25)14-8-9-21-22-10-14)15(23)11-19-17(24)13-6-4-3-5-7-13/h3-10,15-16,23H,2,11-12H2,1H3,(H,19,24)(H,20,25)/t15-,16+/m0/s1. The topological polar surface area (TPSA) is 113 Å². The highest BCUT2D eigenvalue weighted by molar-refractivity contribution is 5.94. The lowest BCUT2D eigenvalue weighted by atomic mass is 10.1. The average Bonchev–Trinajstić information content (AvgIpc) is 2.70. The zero-order chi connectivity index (χ0) is 18.8. The molecule has 3 N–H and O–H groups in total. The monoisotopic (exact) mass is 358 g/mol. The van der Waals surface area contributed by atoms with Gasteiger partial charge in [0.25, 0.3) is 11.8 Å². The Bertz CT molecular complexity index is 697. The lowest BCUT2D eigenvalue weighted by Gasteiger charge is -2.23. The van der Waals surface area contributed by atoms with E-state index in [-0.39, 0.29) is 24.9 Å². The van der Waals surface area contributed by atoms with Gasteiger partial charge in [-0.15, -0.1) is 0 Å². The van der Waals surface area contributed by atoms with Crippen LogP contribution in [0.4, 0.5) is 0 Å². The molecule has 1 aromatic heterocycles. The Kier molecular flexibility index (Phi) is 7.66. The summed E-state index contributed by atoms with van der Waals surface area (Å²) in [6.45, 7) is 2.25. The Morgan fingerprint density at radius 2 is 1.73 bits per heavy atom. The molecule has 26 heavy (non-hydrogen) atoms. The molecule has 0 aliphatic carbocycles. The van der Waals surface area contributed by atoms with Crippen LogP contribution in [0.5, 0.6) is 0 Å². The molecule has 0 aliphatic heterocycles. The predicted octanol–water partition coefficient (Wildman–Crippen LogP) is 0.402. The van der Waals surface area contributed by atoms with Crippen LogP contribution in [-0.2, 0) is 4.74 Å². The van der Waals surface area contributed by atoms with Gasteiger partial charge in [0.15, 0.2) is 0 Å². The average molecular weight is 358 g/mol. The maximum Gasteiger partial charge on any atom is 0.253 e. The molecule has 0 bridgehead atoms. The fourth-order valence-electron chi connectivity index (χ4n) is 2.26. The van der Waals surface area contributed by atoms with Gasteiger partial charge >= 0.3 is 0 Å². The van der Waals surface area contributed by atoms with Crippen molar-refractivity contribution in [1.82, 2.24) is 20.8 Å². The van der Waals surface area contributed by atoms with Gasteiger partial charge in [0.05, 0.1) is 24.1 Å². The fraction of sp³-hybridized carbons (Fsp3) is 0.333. The number of hydrogen-bond donors (Lipinski definition) is 3. The molecule has 0 saturated carbocycles. The van der Waals surface area contributed by atoms with E-state index in [9.17, 15) is 14.7 Å². The van der Waals surface area contributed by atoms with Gasteiger partial charge in [-0.05, 0) is 25.1 Å². The molecule has 138 valence electrons. The van der Waals surface area contributed by atoms with Gasteiger partial charge < -0.3 is 20.5 Å². The van der Waals surface area contributed by atoms with E-state index in [0.29, 0.717) is 17.7 Å². The zero-order valence-electron chi connectivity index (χ0n) is 14.5. The van der Waals surface area contributed by atoms with Crippen LogP contribution < -0.4 is 10.6 Å². The molecular weight excluding hydrogens is 336 g/mol. The Hall–Kier alpha value is -2.84. The summed E-state index contributed by atoms with van der Waals surface area (Å²) >= 11 is 0.